The Bertz CT molecular complexity index is 588. The standard InChI is InChI=1S/C18H22N4O2/c23-18(9-17-14-24-8-7-21-17)22(12-15-3-1-5-19-10-15)13-16-4-2-6-20-11-16/h1-6,10-11,17,21H,7-9,12-14H2/t17-/m0/s1. The Morgan fingerprint density at radius 2 is 1.83 bits per heavy atom. The number of hydrogen-bond donors (Lipinski definition) is 1. The van der Waals surface area contributed by atoms with Gasteiger partial charge in [0.2, 0.25) is 5.91 Å². The van der Waals surface area contributed by atoms with Crippen LogP contribution in [-0.4, -0.2) is 46.6 Å². The van der Waals surface area contributed by atoms with Gasteiger partial charge in [-0.1, -0.05) is 12.1 Å². The third-order valence-corrected chi connectivity index (χ3v) is 3.96. The Balaban J connectivity index is 1.69. The van der Waals surface area contributed by atoms with Crippen LogP contribution in [0, 0.1) is 0 Å². The normalized spacial score (nSPS) is 17.4. The molecule has 2 aromatic heterocycles. The molecule has 0 spiro atoms. The van der Waals surface area contributed by atoms with Gasteiger partial charge in [0.1, 0.15) is 0 Å². The van der Waals surface area contributed by atoms with Crippen molar-refractivity contribution in [1.29, 1.82) is 0 Å². The highest BCUT2D eigenvalue weighted by Crippen LogP contribution is 2.12. The molecule has 3 heterocycles. The molecule has 24 heavy (non-hydrogen) atoms. The van der Waals surface area contributed by atoms with E-state index in [1.54, 1.807) is 24.8 Å². The summed E-state index contributed by atoms with van der Waals surface area (Å²) in [5.74, 6) is 0.103. The van der Waals surface area contributed by atoms with Crippen molar-refractivity contribution in [3.05, 3.63) is 60.2 Å². The molecular formula is C18H22N4O2. The summed E-state index contributed by atoms with van der Waals surface area (Å²) in [6.45, 7) is 3.16. The molecule has 6 heteroatoms. The minimum Gasteiger partial charge on any atom is -0.378 e. The second-order valence-electron chi connectivity index (χ2n) is 5.90. The smallest absolute Gasteiger partial charge is 0.224 e. The number of ether oxygens (including phenoxy) is 1. The molecule has 0 bridgehead atoms. The van der Waals surface area contributed by atoms with E-state index in [2.05, 4.69) is 15.3 Å². The van der Waals surface area contributed by atoms with Crippen molar-refractivity contribution >= 4 is 5.91 Å². The Labute approximate surface area is 141 Å². The van der Waals surface area contributed by atoms with Crippen molar-refractivity contribution in [3.8, 4) is 0 Å². The van der Waals surface area contributed by atoms with Gasteiger partial charge in [0.25, 0.3) is 0 Å². The summed E-state index contributed by atoms with van der Waals surface area (Å²) in [6, 6.07) is 7.82. The maximum atomic E-state index is 12.8. The molecule has 1 saturated heterocycles. The Morgan fingerprint density at radius 1 is 1.17 bits per heavy atom. The number of hydrogen-bond acceptors (Lipinski definition) is 5. The van der Waals surface area contributed by atoms with Gasteiger partial charge in [-0.15, -0.1) is 0 Å². The lowest BCUT2D eigenvalue weighted by Crippen LogP contribution is -2.45. The Kier molecular flexibility index (Phi) is 5.87. The van der Waals surface area contributed by atoms with Gasteiger partial charge in [0.15, 0.2) is 0 Å². The van der Waals surface area contributed by atoms with Crippen LogP contribution in [0.15, 0.2) is 49.1 Å². The van der Waals surface area contributed by atoms with Crippen LogP contribution in [0.4, 0.5) is 0 Å². The molecule has 1 aliphatic heterocycles. The van der Waals surface area contributed by atoms with Gasteiger partial charge in [-0.3, -0.25) is 14.8 Å². The van der Waals surface area contributed by atoms with Crippen LogP contribution >= 0.6 is 0 Å². The van der Waals surface area contributed by atoms with E-state index in [-0.39, 0.29) is 11.9 Å². The van der Waals surface area contributed by atoms with E-state index >= 15 is 0 Å². The predicted molar refractivity (Wildman–Crippen MR) is 90.0 cm³/mol. The van der Waals surface area contributed by atoms with Crippen LogP contribution in [0.3, 0.4) is 0 Å². The molecule has 1 atom stereocenters. The summed E-state index contributed by atoms with van der Waals surface area (Å²) >= 11 is 0. The first kappa shape index (κ1) is 16.5. The lowest BCUT2D eigenvalue weighted by atomic mass is 10.1. The van der Waals surface area contributed by atoms with Crippen molar-refractivity contribution in [2.45, 2.75) is 25.6 Å². The molecule has 0 aliphatic carbocycles. The van der Waals surface area contributed by atoms with Gasteiger partial charge >= 0.3 is 0 Å². The molecule has 126 valence electrons. The number of pyridine rings is 2. The van der Waals surface area contributed by atoms with E-state index in [1.165, 1.54) is 0 Å². The second kappa shape index (κ2) is 8.52. The van der Waals surface area contributed by atoms with E-state index < -0.39 is 0 Å². The highest BCUT2D eigenvalue weighted by atomic mass is 16.5. The third-order valence-electron chi connectivity index (χ3n) is 3.96. The summed E-state index contributed by atoms with van der Waals surface area (Å²) in [5, 5.41) is 3.34. The molecule has 3 rings (SSSR count). The monoisotopic (exact) mass is 326 g/mol. The van der Waals surface area contributed by atoms with Crippen molar-refractivity contribution in [2.24, 2.45) is 0 Å². The summed E-state index contributed by atoms with van der Waals surface area (Å²) in [7, 11) is 0. The molecule has 6 nitrogen and oxygen atoms in total. The van der Waals surface area contributed by atoms with Crippen molar-refractivity contribution in [1.82, 2.24) is 20.2 Å². The topological polar surface area (TPSA) is 67.3 Å². The van der Waals surface area contributed by atoms with E-state index in [1.807, 2.05) is 29.2 Å². The second-order valence-corrected chi connectivity index (χ2v) is 5.90. The van der Waals surface area contributed by atoms with E-state index in [0.717, 1.165) is 17.7 Å². The van der Waals surface area contributed by atoms with Gasteiger partial charge in [0.05, 0.1) is 13.2 Å². The quantitative estimate of drug-likeness (QED) is 0.869. The highest BCUT2D eigenvalue weighted by Gasteiger charge is 2.21. The highest BCUT2D eigenvalue weighted by molar-refractivity contribution is 5.76. The lowest BCUT2D eigenvalue weighted by molar-refractivity contribution is -0.133. The van der Waals surface area contributed by atoms with Gasteiger partial charge < -0.3 is 15.0 Å². The van der Waals surface area contributed by atoms with Crippen LogP contribution in [-0.2, 0) is 22.6 Å². The molecule has 0 radical (unpaired) electrons. The maximum absolute atomic E-state index is 12.8. The molecule has 2 aromatic rings. The van der Waals surface area contributed by atoms with Crippen molar-refractivity contribution < 1.29 is 9.53 Å². The number of aromatic nitrogens is 2. The summed E-state index contributed by atoms with van der Waals surface area (Å²) in [5.41, 5.74) is 2.03. The zero-order valence-electron chi connectivity index (χ0n) is 13.6. The fourth-order valence-corrected chi connectivity index (χ4v) is 2.75. The first-order valence-electron chi connectivity index (χ1n) is 8.18. The number of carbonyl (C=O) groups excluding carboxylic acids is 1. The van der Waals surface area contributed by atoms with Crippen molar-refractivity contribution in [2.75, 3.05) is 19.8 Å². The third kappa shape index (κ3) is 4.84. The van der Waals surface area contributed by atoms with E-state index in [0.29, 0.717) is 32.7 Å². The van der Waals surface area contributed by atoms with Gasteiger partial charge in [-0.25, -0.2) is 0 Å². The molecule has 0 unspecified atom stereocenters. The molecule has 1 fully saturated rings. The summed E-state index contributed by atoms with van der Waals surface area (Å²) in [6.07, 6.45) is 7.50. The minimum absolute atomic E-state index is 0.0801. The summed E-state index contributed by atoms with van der Waals surface area (Å²) in [4.78, 5) is 22.9. The molecule has 0 aromatic carbocycles. The SMILES string of the molecule is O=C(C[C@H]1COCCN1)N(Cc1cccnc1)Cc1cccnc1. The number of amides is 1. The average molecular weight is 326 g/mol. The number of rotatable bonds is 6. The molecule has 1 amide bonds. The van der Waals surface area contributed by atoms with Crippen molar-refractivity contribution in [3.63, 3.8) is 0 Å². The molecule has 1 N–H and O–H groups in total. The average Bonchev–Trinajstić information content (AvgIpc) is 2.64. The van der Waals surface area contributed by atoms with Crippen LogP contribution in [0.5, 0.6) is 0 Å². The fraction of sp³-hybridized carbons (Fsp3) is 0.389. The number of nitrogens with zero attached hydrogens (tertiary/aromatic N) is 3. The maximum Gasteiger partial charge on any atom is 0.224 e. The predicted octanol–water partition coefficient (Wildman–Crippen LogP) is 1.38. The van der Waals surface area contributed by atoms with Crippen LogP contribution in [0.25, 0.3) is 0 Å². The largest absolute Gasteiger partial charge is 0.378 e. The number of nitrogens with one attached hydrogen (secondary N) is 1. The first-order chi connectivity index (χ1) is 11.8. The Hall–Kier alpha value is -2.31. The number of carbonyl (C=O) groups is 1. The summed E-state index contributed by atoms with van der Waals surface area (Å²) < 4.78 is 5.45. The molecular weight excluding hydrogens is 304 g/mol. The number of morpholine rings is 1. The molecule has 0 saturated carbocycles. The van der Waals surface area contributed by atoms with E-state index in [4.69, 9.17) is 4.74 Å². The van der Waals surface area contributed by atoms with Gasteiger partial charge in [-0.2, -0.15) is 0 Å². The first-order valence-corrected chi connectivity index (χ1v) is 8.18. The Morgan fingerprint density at radius 3 is 2.33 bits per heavy atom. The van der Waals surface area contributed by atoms with Gasteiger partial charge in [-0.05, 0) is 23.3 Å². The molecule has 1 aliphatic rings. The minimum atomic E-state index is 0.0801. The fourth-order valence-electron chi connectivity index (χ4n) is 2.75. The zero-order valence-corrected chi connectivity index (χ0v) is 13.6. The van der Waals surface area contributed by atoms with Crippen LogP contribution < -0.4 is 5.32 Å². The van der Waals surface area contributed by atoms with Crippen LogP contribution in [0.2, 0.25) is 0 Å². The zero-order chi connectivity index (χ0) is 16.6. The lowest BCUT2D eigenvalue weighted by Gasteiger charge is -2.28. The van der Waals surface area contributed by atoms with Gasteiger partial charge in [0, 0.05) is 56.9 Å². The van der Waals surface area contributed by atoms with E-state index in [9.17, 15) is 4.79 Å². The van der Waals surface area contributed by atoms with Crippen LogP contribution in [0.1, 0.15) is 17.5 Å².